The molecule has 0 saturated carbocycles. The predicted octanol–water partition coefficient (Wildman–Crippen LogP) is 12.4. The summed E-state index contributed by atoms with van der Waals surface area (Å²) in [5.74, 6) is 2.01. The molecule has 4 nitrogen and oxygen atoms in total. The van der Waals surface area contributed by atoms with Crippen molar-refractivity contribution in [3.05, 3.63) is 203 Å². The van der Waals surface area contributed by atoms with E-state index >= 15 is 0 Å². The molecule has 1 spiro atoms. The van der Waals surface area contributed by atoms with Crippen molar-refractivity contribution in [3.8, 4) is 67.3 Å². The van der Waals surface area contributed by atoms with Crippen molar-refractivity contribution in [2.75, 3.05) is 0 Å². The summed E-state index contributed by atoms with van der Waals surface area (Å²) in [6, 6.07) is 57.4. The van der Waals surface area contributed by atoms with Crippen molar-refractivity contribution in [2.45, 2.75) is 26.2 Å². The lowest BCUT2D eigenvalue weighted by Gasteiger charge is -2.30. The Bertz CT molecular complexity index is 3020. The zero-order chi connectivity index (χ0) is 37.5. The van der Waals surface area contributed by atoms with Crippen LogP contribution in [0.5, 0.6) is 0 Å². The molecule has 11 rings (SSSR count). The van der Waals surface area contributed by atoms with Gasteiger partial charge in [0.25, 0.3) is 0 Å². The maximum absolute atomic E-state index is 5.14. The van der Waals surface area contributed by atoms with Gasteiger partial charge in [-0.05, 0) is 110 Å². The Morgan fingerprint density at radius 2 is 0.982 bits per heavy atom. The molecular formula is C52H36N4. The van der Waals surface area contributed by atoms with E-state index in [9.17, 15) is 0 Å². The van der Waals surface area contributed by atoms with Gasteiger partial charge in [0.1, 0.15) is 5.82 Å². The molecule has 7 aromatic carbocycles. The summed E-state index contributed by atoms with van der Waals surface area (Å²) >= 11 is 0. The lowest BCUT2D eigenvalue weighted by Crippen LogP contribution is -2.25. The molecule has 0 unspecified atom stereocenters. The SMILES string of the molecule is Cc1cnc(C)c(-c2cccc3c2-c2cc(-c4nc(C)nc(-c5ccc(-c6cccc7ccccc67)cc5)n4)ccc2C32c3ccccc3-c3ccccc32)c1. The minimum atomic E-state index is -0.469. The normalized spacial score (nSPS) is 13.1. The van der Waals surface area contributed by atoms with Gasteiger partial charge in [-0.2, -0.15) is 0 Å². The van der Waals surface area contributed by atoms with Crippen LogP contribution in [0.25, 0.3) is 78.1 Å². The first-order valence-corrected chi connectivity index (χ1v) is 19.2. The lowest BCUT2D eigenvalue weighted by atomic mass is 9.70. The predicted molar refractivity (Wildman–Crippen MR) is 227 cm³/mol. The molecule has 4 heteroatoms. The molecule has 0 saturated heterocycles. The molecule has 2 aliphatic carbocycles. The number of hydrogen-bond donors (Lipinski definition) is 0. The minimum absolute atomic E-state index is 0.469. The Kier molecular flexibility index (Phi) is 7.08. The summed E-state index contributed by atoms with van der Waals surface area (Å²) < 4.78 is 0. The van der Waals surface area contributed by atoms with Crippen LogP contribution in [0.2, 0.25) is 0 Å². The third-order valence-corrected chi connectivity index (χ3v) is 11.9. The Hall–Kier alpha value is -7.04. The largest absolute Gasteiger partial charge is 0.261 e. The summed E-state index contributed by atoms with van der Waals surface area (Å²) in [7, 11) is 0. The van der Waals surface area contributed by atoms with Crippen molar-refractivity contribution in [1.82, 2.24) is 19.9 Å². The van der Waals surface area contributed by atoms with E-state index in [2.05, 4.69) is 172 Å². The average Bonchev–Trinajstić information content (AvgIpc) is 3.71. The molecule has 2 aromatic heterocycles. The summed E-state index contributed by atoms with van der Waals surface area (Å²) in [5, 5.41) is 2.47. The fourth-order valence-corrected chi connectivity index (χ4v) is 9.48. The second-order valence-corrected chi connectivity index (χ2v) is 15.1. The van der Waals surface area contributed by atoms with Gasteiger partial charge in [0.05, 0.1) is 5.41 Å². The lowest BCUT2D eigenvalue weighted by molar-refractivity contribution is 0.794. The molecule has 0 bridgehead atoms. The molecule has 0 atom stereocenters. The molecule has 2 aliphatic rings. The van der Waals surface area contributed by atoms with Crippen molar-refractivity contribution >= 4 is 10.8 Å². The monoisotopic (exact) mass is 716 g/mol. The van der Waals surface area contributed by atoms with Gasteiger partial charge < -0.3 is 0 Å². The molecule has 9 aromatic rings. The van der Waals surface area contributed by atoms with E-state index in [1.165, 1.54) is 66.4 Å². The maximum atomic E-state index is 5.14. The summed E-state index contributed by atoms with van der Waals surface area (Å²) in [6.07, 6.45) is 1.96. The van der Waals surface area contributed by atoms with Gasteiger partial charge in [0, 0.05) is 28.6 Å². The third-order valence-electron chi connectivity index (χ3n) is 11.9. The quantitative estimate of drug-likeness (QED) is 0.182. The van der Waals surface area contributed by atoms with Crippen molar-refractivity contribution in [1.29, 1.82) is 0 Å². The zero-order valence-electron chi connectivity index (χ0n) is 31.4. The summed E-state index contributed by atoms with van der Waals surface area (Å²) in [4.78, 5) is 19.7. The fourth-order valence-electron chi connectivity index (χ4n) is 9.48. The highest BCUT2D eigenvalue weighted by Gasteiger charge is 2.52. The van der Waals surface area contributed by atoms with E-state index in [1.54, 1.807) is 0 Å². The first-order chi connectivity index (χ1) is 27.5. The molecule has 0 N–H and O–H groups in total. The number of aryl methyl sites for hydroxylation is 3. The van der Waals surface area contributed by atoms with Crippen LogP contribution in [-0.4, -0.2) is 19.9 Å². The molecule has 0 fully saturated rings. The number of nitrogens with zero attached hydrogens (tertiary/aromatic N) is 4. The van der Waals surface area contributed by atoms with Crippen LogP contribution in [-0.2, 0) is 5.41 Å². The van der Waals surface area contributed by atoms with Crippen LogP contribution < -0.4 is 0 Å². The molecule has 0 radical (unpaired) electrons. The van der Waals surface area contributed by atoms with E-state index in [4.69, 9.17) is 19.9 Å². The molecule has 2 heterocycles. The van der Waals surface area contributed by atoms with Crippen LogP contribution in [0.1, 0.15) is 39.3 Å². The molecule has 264 valence electrons. The Morgan fingerprint density at radius 1 is 0.411 bits per heavy atom. The average molecular weight is 717 g/mol. The topological polar surface area (TPSA) is 51.6 Å². The van der Waals surface area contributed by atoms with Crippen molar-refractivity contribution in [3.63, 3.8) is 0 Å². The van der Waals surface area contributed by atoms with Gasteiger partial charge in [-0.1, -0.05) is 146 Å². The van der Waals surface area contributed by atoms with Gasteiger partial charge in [-0.15, -0.1) is 0 Å². The number of benzene rings is 7. The number of aromatic nitrogens is 4. The molecule has 0 amide bonds. The van der Waals surface area contributed by atoms with E-state index in [0.717, 1.165) is 33.5 Å². The van der Waals surface area contributed by atoms with Gasteiger partial charge in [-0.25, -0.2) is 15.0 Å². The van der Waals surface area contributed by atoms with Crippen molar-refractivity contribution in [2.24, 2.45) is 0 Å². The van der Waals surface area contributed by atoms with Gasteiger partial charge >= 0.3 is 0 Å². The maximum Gasteiger partial charge on any atom is 0.163 e. The molecule has 0 aliphatic heterocycles. The Labute approximate surface area is 326 Å². The number of hydrogen-bond acceptors (Lipinski definition) is 4. The first kappa shape index (κ1) is 32.4. The van der Waals surface area contributed by atoms with E-state index in [1.807, 2.05) is 13.1 Å². The minimum Gasteiger partial charge on any atom is -0.261 e. The fraction of sp³-hybridized carbons (Fsp3) is 0.0769. The van der Waals surface area contributed by atoms with Crippen LogP contribution in [0.15, 0.2) is 164 Å². The highest BCUT2D eigenvalue weighted by atomic mass is 15.0. The van der Waals surface area contributed by atoms with Crippen molar-refractivity contribution < 1.29 is 0 Å². The number of pyridine rings is 1. The van der Waals surface area contributed by atoms with Crippen LogP contribution in [0, 0.1) is 20.8 Å². The number of rotatable bonds is 4. The van der Waals surface area contributed by atoms with Gasteiger partial charge in [0.15, 0.2) is 11.6 Å². The zero-order valence-corrected chi connectivity index (χ0v) is 31.4. The third kappa shape index (κ3) is 4.66. The van der Waals surface area contributed by atoms with Crippen LogP contribution in [0.4, 0.5) is 0 Å². The van der Waals surface area contributed by atoms with E-state index < -0.39 is 5.41 Å². The highest BCUT2D eigenvalue weighted by Crippen LogP contribution is 2.64. The second kappa shape index (κ2) is 12.2. The molecular weight excluding hydrogens is 681 g/mol. The summed E-state index contributed by atoms with van der Waals surface area (Å²) in [5.41, 5.74) is 18.5. The number of fused-ring (bicyclic) bond motifs is 11. The highest BCUT2D eigenvalue weighted by molar-refractivity contribution is 6.01. The first-order valence-electron chi connectivity index (χ1n) is 19.2. The standard InChI is InChI=1S/C52H36N4/c1-31-28-43(32(2)53-30-31)42-18-11-21-48-49(42)44-29-37(26-27-47(44)52(48)45-19-8-6-15-40(45)41-16-7-9-20-46(41)52)51-55-33(3)54-50(56-51)36-24-22-35(23-25-36)39-17-10-13-34-12-4-5-14-38(34)39/h4-30H,1-3H3. The van der Waals surface area contributed by atoms with Gasteiger partial charge in [0.2, 0.25) is 0 Å². The Morgan fingerprint density at radius 3 is 1.77 bits per heavy atom. The van der Waals surface area contributed by atoms with Gasteiger partial charge in [-0.3, -0.25) is 4.98 Å². The van der Waals surface area contributed by atoms with Crippen LogP contribution in [0.3, 0.4) is 0 Å². The smallest absolute Gasteiger partial charge is 0.163 e. The van der Waals surface area contributed by atoms with E-state index in [-0.39, 0.29) is 0 Å². The Balaban J connectivity index is 1.10. The van der Waals surface area contributed by atoms with E-state index in [0.29, 0.717) is 17.5 Å². The van der Waals surface area contributed by atoms with Crippen LogP contribution >= 0.6 is 0 Å². The second-order valence-electron chi connectivity index (χ2n) is 15.1. The summed E-state index contributed by atoms with van der Waals surface area (Å²) in [6.45, 7) is 6.18. The molecule has 56 heavy (non-hydrogen) atoms.